The van der Waals surface area contributed by atoms with Crippen molar-refractivity contribution in [3.8, 4) is 11.1 Å². The monoisotopic (exact) mass is 233 g/mol. The quantitative estimate of drug-likeness (QED) is 0.641. The highest BCUT2D eigenvalue weighted by Crippen LogP contribution is 2.27. The molecule has 2 aromatic rings. The first-order valence-corrected chi connectivity index (χ1v) is 5.61. The number of anilines is 1. The molecule has 3 nitrogen and oxygen atoms in total. The van der Waals surface area contributed by atoms with Gasteiger partial charge in [0, 0.05) is 5.69 Å². The first-order chi connectivity index (χ1) is 7.70. The topological polar surface area (TPSA) is 52.3 Å². The summed E-state index contributed by atoms with van der Waals surface area (Å²) >= 11 is 1.37. The predicted octanol–water partition coefficient (Wildman–Crippen LogP) is 2.78. The minimum atomic E-state index is -0.305. The van der Waals surface area contributed by atoms with E-state index in [0.29, 0.717) is 10.6 Å². The molecule has 1 aromatic heterocycles. The van der Waals surface area contributed by atoms with Crippen LogP contribution in [0.15, 0.2) is 35.7 Å². The highest BCUT2D eigenvalue weighted by Gasteiger charge is 2.09. The molecule has 0 amide bonds. The third-order valence-corrected chi connectivity index (χ3v) is 3.12. The number of rotatable bonds is 2. The smallest absolute Gasteiger partial charge is 0.348 e. The van der Waals surface area contributed by atoms with E-state index in [0.717, 1.165) is 11.1 Å². The maximum Gasteiger partial charge on any atom is 0.348 e. The van der Waals surface area contributed by atoms with Gasteiger partial charge in [0.2, 0.25) is 0 Å². The van der Waals surface area contributed by atoms with Crippen LogP contribution in [0.4, 0.5) is 5.69 Å². The Kier molecular flexibility index (Phi) is 2.92. The Hall–Kier alpha value is -1.81. The summed E-state index contributed by atoms with van der Waals surface area (Å²) in [5.74, 6) is -0.305. The van der Waals surface area contributed by atoms with Gasteiger partial charge in [-0.1, -0.05) is 12.1 Å². The van der Waals surface area contributed by atoms with Crippen LogP contribution in [0.1, 0.15) is 9.67 Å². The van der Waals surface area contributed by atoms with E-state index in [1.807, 2.05) is 35.7 Å². The Morgan fingerprint density at radius 2 is 2.12 bits per heavy atom. The average Bonchev–Trinajstić information content (AvgIpc) is 2.77. The second kappa shape index (κ2) is 4.37. The minimum Gasteiger partial charge on any atom is -0.465 e. The molecule has 0 unspecified atom stereocenters. The number of hydrogen-bond donors (Lipinski definition) is 1. The Morgan fingerprint density at radius 3 is 2.81 bits per heavy atom. The van der Waals surface area contributed by atoms with Crippen molar-refractivity contribution in [2.75, 3.05) is 12.8 Å². The molecule has 0 atom stereocenters. The Balaban J connectivity index is 2.35. The van der Waals surface area contributed by atoms with Gasteiger partial charge in [-0.2, -0.15) is 0 Å². The number of thiophene rings is 1. The van der Waals surface area contributed by atoms with E-state index in [1.54, 1.807) is 0 Å². The van der Waals surface area contributed by atoms with Gasteiger partial charge in [0.15, 0.2) is 0 Å². The van der Waals surface area contributed by atoms with Crippen LogP contribution in [0.2, 0.25) is 0 Å². The molecular weight excluding hydrogens is 222 g/mol. The van der Waals surface area contributed by atoms with Gasteiger partial charge in [0.05, 0.1) is 7.11 Å². The van der Waals surface area contributed by atoms with E-state index < -0.39 is 0 Å². The third kappa shape index (κ3) is 2.06. The molecule has 0 spiro atoms. The number of benzene rings is 1. The van der Waals surface area contributed by atoms with Gasteiger partial charge < -0.3 is 10.5 Å². The predicted molar refractivity (Wildman–Crippen MR) is 65.5 cm³/mol. The first kappa shape index (κ1) is 10.7. The van der Waals surface area contributed by atoms with Gasteiger partial charge in [-0.15, -0.1) is 11.3 Å². The summed E-state index contributed by atoms with van der Waals surface area (Å²) in [5.41, 5.74) is 8.40. The fourth-order valence-electron chi connectivity index (χ4n) is 1.41. The molecule has 0 aliphatic carbocycles. The molecule has 1 heterocycles. The summed E-state index contributed by atoms with van der Waals surface area (Å²) in [6, 6.07) is 9.37. The lowest BCUT2D eigenvalue weighted by Crippen LogP contribution is -1.96. The molecule has 2 N–H and O–H groups in total. The zero-order valence-corrected chi connectivity index (χ0v) is 9.58. The molecule has 82 valence electrons. The van der Waals surface area contributed by atoms with Gasteiger partial charge in [-0.05, 0) is 34.7 Å². The lowest BCUT2D eigenvalue weighted by Gasteiger charge is -1.98. The molecule has 4 heteroatoms. The lowest BCUT2D eigenvalue weighted by atomic mass is 10.1. The number of carbonyl (C=O) groups is 1. The number of methoxy groups -OCH3 is 1. The normalized spacial score (nSPS) is 10.1. The fourth-order valence-corrected chi connectivity index (χ4v) is 2.25. The number of hydrogen-bond acceptors (Lipinski definition) is 4. The molecular formula is C12H11NO2S. The van der Waals surface area contributed by atoms with Crippen LogP contribution in [0.5, 0.6) is 0 Å². The average molecular weight is 233 g/mol. The summed E-state index contributed by atoms with van der Waals surface area (Å²) in [5, 5.41) is 1.92. The van der Waals surface area contributed by atoms with Crippen LogP contribution in [-0.4, -0.2) is 13.1 Å². The number of nitrogen functional groups attached to an aromatic ring is 1. The summed E-state index contributed by atoms with van der Waals surface area (Å²) in [4.78, 5) is 11.9. The molecule has 1 aromatic carbocycles. The van der Waals surface area contributed by atoms with Crippen LogP contribution in [0.3, 0.4) is 0 Å². The molecule has 0 fully saturated rings. The van der Waals surface area contributed by atoms with Crippen molar-refractivity contribution in [3.05, 3.63) is 40.6 Å². The summed E-state index contributed by atoms with van der Waals surface area (Å²) < 4.78 is 4.66. The van der Waals surface area contributed by atoms with E-state index in [4.69, 9.17) is 5.73 Å². The Bertz CT molecular complexity index is 519. The van der Waals surface area contributed by atoms with Gasteiger partial charge in [-0.3, -0.25) is 0 Å². The Morgan fingerprint density at radius 1 is 1.31 bits per heavy atom. The molecule has 2 rings (SSSR count). The van der Waals surface area contributed by atoms with Crippen LogP contribution in [0.25, 0.3) is 11.1 Å². The highest BCUT2D eigenvalue weighted by atomic mass is 32.1. The summed E-state index contributed by atoms with van der Waals surface area (Å²) in [7, 11) is 1.38. The van der Waals surface area contributed by atoms with E-state index >= 15 is 0 Å². The molecule has 0 saturated carbocycles. The van der Waals surface area contributed by atoms with Crippen molar-refractivity contribution in [1.29, 1.82) is 0 Å². The minimum absolute atomic E-state index is 0.305. The fraction of sp³-hybridized carbons (Fsp3) is 0.0833. The summed E-state index contributed by atoms with van der Waals surface area (Å²) in [6.45, 7) is 0. The van der Waals surface area contributed by atoms with E-state index in [1.165, 1.54) is 18.4 Å². The number of nitrogens with two attached hydrogens (primary N) is 1. The van der Waals surface area contributed by atoms with Crippen molar-refractivity contribution < 1.29 is 9.53 Å². The van der Waals surface area contributed by atoms with Gasteiger partial charge in [-0.25, -0.2) is 4.79 Å². The molecule has 0 bridgehead atoms. The van der Waals surface area contributed by atoms with Crippen molar-refractivity contribution in [3.63, 3.8) is 0 Å². The SMILES string of the molecule is COC(=O)c1cc(-c2cccc(N)c2)cs1. The molecule has 0 aliphatic heterocycles. The third-order valence-electron chi connectivity index (χ3n) is 2.21. The van der Waals surface area contributed by atoms with Crippen molar-refractivity contribution in [2.24, 2.45) is 0 Å². The van der Waals surface area contributed by atoms with Gasteiger partial charge >= 0.3 is 5.97 Å². The second-order valence-corrected chi connectivity index (χ2v) is 4.23. The van der Waals surface area contributed by atoms with Crippen molar-refractivity contribution in [2.45, 2.75) is 0 Å². The van der Waals surface area contributed by atoms with E-state index in [-0.39, 0.29) is 5.97 Å². The number of ether oxygens (including phenoxy) is 1. The van der Waals surface area contributed by atoms with Crippen molar-refractivity contribution >= 4 is 23.0 Å². The highest BCUT2D eigenvalue weighted by molar-refractivity contribution is 7.12. The molecule has 0 radical (unpaired) electrons. The van der Waals surface area contributed by atoms with E-state index in [2.05, 4.69) is 4.74 Å². The standard InChI is InChI=1S/C12H11NO2S/c1-15-12(14)11-6-9(7-16-11)8-3-2-4-10(13)5-8/h2-7H,13H2,1H3. The van der Waals surface area contributed by atoms with Gasteiger partial charge in [0.1, 0.15) is 4.88 Å². The van der Waals surface area contributed by atoms with Crippen LogP contribution in [0, 0.1) is 0 Å². The summed E-state index contributed by atoms with van der Waals surface area (Å²) in [6.07, 6.45) is 0. The number of esters is 1. The zero-order chi connectivity index (χ0) is 11.5. The maximum atomic E-state index is 11.3. The molecule has 16 heavy (non-hydrogen) atoms. The number of carbonyl (C=O) groups excluding carboxylic acids is 1. The van der Waals surface area contributed by atoms with Crippen LogP contribution in [-0.2, 0) is 4.74 Å². The van der Waals surface area contributed by atoms with Crippen LogP contribution >= 0.6 is 11.3 Å². The Labute approximate surface area is 97.5 Å². The largest absolute Gasteiger partial charge is 0.465 e. The van der Waals surface area contributed by atoms with Crippen LogP contribution < -0.4 is 5.73 Å². The van der Waals surface area contributed by atoms with E-state index in [9.17, 15) is 4.79 Å². The maximum absolute atomic E-state index is 11.3. The second-order valence-electron chi connectivity index (χ2n) is 3.32. The lowest BCUT2D eigenvalue weighted by molar-refractivity contribution is 0.0606. The van der Waals surface area contributed by atoms with Gasteiger partial charge in [0.25, 0.3) is 0 Å². The zero-order valence-electron chi connectivity index (χ0n) is 8.77. The molecule has 0 aliphatic rings. The molecule has 0 saturated heterocycles. The first-order valence-electron chi connectivity index (χ1n) is 4.73. The van der Waals surface area contributed by atoms with Crippen molar-refractivity contribution in [1.82, 2.24) is 0 Å².